The highest BCUT2D eigenvalue weighted by Gasteiger charge is 2.23. The Morgan fingerprint density at radius 1 is 1.45 bits per heavy atom. The average Bonchev–Trinajstić information content (AvgIpc) is 2.42. The third-order valence-electron chi connectivity index (χ3n) is 3.44. The first-order valence-corrected chi connectivity index (χ1v) is 8.90. The first kappa shape index (κ1) is 15.8. The zero-order valence-electron chi connectivity index (χ0n) is 11.7. The fraction of sp³-hybridized carbons (Fsp3) is 0.571. The van der Waals surface area contributed by atoms with Gasteiger partial charge in [0.15, 0.2) is 0 Å². The van der Waals surface area contributed by atoms with Crippen molar-refractivity contribution < 1.29 is 8.42 Å². The maximum atomic E-state index is 12.5. The second kappa shape index (κ2) is 6.89. The smallest absolute Gasteiger partial charge is 0.242 e. The predicted molar refractivity (Wildman–Crippen MR) is 81.7 cm³/mol. The van der Waals surface area contributed by atoms with Crippen LogP contribution in [-0.2, 0) is 16.4 Å². The van der Waals surface area contributed by atoms with E-state index in [1.165, 1.54) is 0 Å². The number of sulfonamides is 1. The van der Waals surface area contributed by atoms with E-state index in [1.54, 1.807) is 12.1 Å². The van der Waals surface area contributed by atoms with Crippen molar-refractivity contribution in [3.63, 3.8) is 0 Å². The normalized spacial score (nSPS) is 20.0. The van der Waals surface area contributed by atoms with Crippen molar-refractivity contribution in [2.75, 3.05) is 13.1 Å². The third-order valence-corrected chi connectivity index (χ3v) is 5.44. The average molecular weight is 317 g/mol. The van der Waals surface area contributed by atoms with Gasteiger partial charge in [-0.3, -0.25) is 0 Å². The molecule has 112 valence electrons. The molecule has 1 aliphatic rings. The lowest BCUT2D eigenvalue weighted by molar-refractivity contribution is 0.428. The highest BCUT2D eigenvalue weighted by atomic mass is 35.5. The summed E-state index contributed by atoms with van der Waals surface area (Å²) in [5.74, 6) is 0. The van der Waals surface area contributed by atoms with Gasteiger partial charge in [-0.25, -0.2) is 13.1 Å². The van der Waals surface area contributed by atoms with Crippen molar-refractivity contribution in [2.24, 2.45) is 0 Å². The number of halogens is 1. The van der Waals surface area contributed by atoms with Gasteiger partial charge in [0, 0.05) is 12.6 Å². The molecular formula is C14H21ClN2O2S. The summed E-state index contributed by atoms with van der Waals surface area (Å²) in [6.45, 7) is 3.69. The number of nitrogens with one attached hydrogen (secondary N) is 2. The molecule has 4 nitrogen and oxygen atoms in total. The molecule has 1 saturated heterocycles. The van der Waals surface area contributed by atoms with Gasteiger partial charge in [-0.15, -0.1) is 0 Å². The Bertz CT molecular complexity index is 554. The lowest BCUT2D eigenvalue weighted by atomic mass is 10.1. The molecule has 1 aromatic rings. The van der Waals surface area contributed by atoms with Crippen LogP contribution in [0.2, 0.25) is 5.02 Å². The van der Waals surface area contributed by atoms with E-state index in [4.69, 9.17) is 11.6 Å². The third kappa shape index (κ3) is 3.95. The van der Waals surface area contributed by atoms with E-state index in [2.05, 4.69) is 17.0 Å². The number of benzene rings is 1. The molecule has 0 saturated carbocycles. The summed E-state index contributed by atoms with van der Waals surface area (Å²) in [6.07, 6.45) is 3.67. The Morgan fingerprint density at radius 2 is 2.25 bits per heavy atom. The molecule has 0 aliphatic carbocycles. The Labute approximate surface area is 126 Å². The topological polar surface area (TPSA) is 58.2 Å². The number of aryl methyl sites for hydroxylation is 1. The Balaban J connectivity index is 2.21. The van der Waals surface area contributed by atoms with E-state index in [0.717, 1.165) is 37.8 Å². The highest BCUT2D eigenvalue weighted by Crippen LogP contribution is 2.24. The minimum Gasteiger partial charge on any atom is -0.315 e. The molecule has 1 aromatic carbocycles. The summed E-state index contributed by atoms with van der Waals surface area (Å²) in [7, 11) is -3.55. The molecule has 0 unspecified atom stereocenters. The van der Waals surface area contributed by atoms with E-state index in [-0.39, 0.29) is 16.0 Å². The lowest BCUT2D eigenvalue weighted by Gasteiger charge is -2.24. The lowest BCUT2D eigenvalue weighted by Crippen LogP contribution is -2.45. The molecule has 6 heteroatoms. The molecule has 2 rings (SSSR count). The van der Waals surface area contributed by atoms with Crippen LogP contribution in [0, 0.1) is 0 Å². The van der Waals surface area contributed by atoms with Crippen LogP contribution >= 0.6 is 11.6 Å². The van der Waals surface area contributed by atoms with Crippen molar-refractivity contribution in [2.45, 2.75) is 43.5 Å². The van der Waals surface area contributed by atoms with E-state index in [1.807, 2.05) is 6.07 Å². The van der Waals surface area contributed by atoms with Crippen molar-refractivity contribution >= 4 is 21.6 Å². The van der Waals surface area contributed by atoms with Gasteiger partial charge in [0.05, 0.1) is 5.02 Å². The Kier molecular flexibility index (Phi) is 5.43. The van der Waals surface area contributed by atoms with Gasteiger partial charge in [-0.2, -0.15) is 0 Å². The number of rotatable bonds is 5. The van der Waals surface area contributed by atoms with Gasteiger partial charge >= 0.3 is 0 Å². The zero-order valence-corrected chi connectivity index (χ0v) is 13.2. The molecule has 2 N–H and O–H groups in total. The van der Waals surface area contributed by atoms with Crippen molar-refractivity contribution in [3.05, 3.63) is 28.8 Å². The van der Waals surface area contributed by atoms with Gasteiger partial charge in [0.1, 0.15) is 4.90 Å². The first-order chi connectivity index (χ1) is 9.53. The Morgan fingerprint density at radius 3 is 2.90 bits per heavy atom. The Hall–Kier alpha value is -0.620. The molecule has 1 heterocycles. The monoisotopic (exact) mass is 316 g/mol. The van der Waals surface area contributed by atoms with Crippen LogP contribution in [0.1, 0.15) is 31.7 Å². The quantitative estimate of drug-likeness (QED) is 0.876. The molecule has 1 fully saturated rings. The molecule has 1 aliphatic heterocycles. The number of piperidine rings is 1. The molecule has 0 aromatic heterocycles. The van der Waals surface area contributed by atoms with Crippen LogP contribution in [0.15, 0.2) is 23.1 Å². The summed E-state index contributed by atoms with van der Waals surface area (Å²) in [6, 6.07) is 5.18. The van der Waals surface area contributed by atoms with Crippen molar-refractivity contribution in [3.8, 4) is 0 Å². The molecule has 0 bridgehead atoms. The summed E-state index contributed by atoms with van der Waals surface area (Å²) in [5.41, 5.74) is 0.999. The minimum atomic E-state index is -3.55. The maximum Gasteiger partial charge on any atom is 0.242 e. The van der Waals surface area contributed by atoms with Gasteiger partial charge in [0.2, 0.25) is 10.0 Å². The summed E-state index contributed by atoms with van der Waals surface area (Å²) < 4.78 is 27.7. The second-order valence-corrected chi connectivity index (χ2v) is 7.27. The van der Waals surface area contributed by atoms with Gasteiger partial charge in [-0.05, 0) is 43.5 Å². The predicted octanol–water partition coefficient (Wildman–Crippen LogP) is 2.32. The summed E-state index contributed by atoms with van der Waals surface area (Å²) >= 11 is 6.06. The van der Waals surface area contributed by atoms with Crippen LogP contribution in [0.5, 0.6) is 0 Å². The summed E-state index contributed by atoms with van der Waals surface area (Å²) in [5, 5.41) is 3.47. The largest absolute Gasteiger partial charge is 0.315 e. The minimum absolute atomic E-state index is 0.0559. The van der Waals surface area contributed by atoms with E-state index in [9.17, 15) is 8.42 Å². The van der Waals surface area contributed by atoms with Crippen LogP contribution in [0.25, 0.3) is 0 Å². The van der Waals surface area contributed by atoms with Crippen LogP contribution in [-0.4, -0.2) is 27.5 Å². The molecule has 0 spiro atoms. The molecule has 0 radical (unpaired) electrons. The second-order valence-electron chi connectivity index (χ2n) is 5.18. The van der Waals surface area contributed by atoms with Crippen LogP contribution in [0.3, 0.4) is 0 Å². The first-order valence-electron chi connectivity index (χ1n) is 7.04. The fourth-order valence-corrected chi connectivity index (χ4v) is 4.25. The standard InChI is InChI=1S/C14H21ClN2O2S/c1-2-4-11-6-7-13(15)14(9-11)20(18,19)17-12-5-3-8-16-10-12/h6-7,9,12,16-17H,2-5,8,10H2,1H3/t12-/m0/s1. The van der Waals surface area contributed by atoms with Crippen molar-refractivity contribution in [1.29, 1.82) is 0 Å². The van der Waals surface area contributed by atoms with Crippen molar-refractivity contribution in [1.82, 2.24) is 10.0 Å². The zero-order chi connectivity index (χ0) is 14.6. The molecule has 0 amide bonds. The molecule has 20 heavy (non-hydrogen) atoms. The van der Waals surface area contributed by atoms with Gasteiger partial charge < -0.3 is 5.32 Å². The van der Waals surface area contributed by atoms with E-state index in [0.29, 0.717) is 6.54 Å². The SMILES string of the molecule is CCCc1ccc(Cl)c(S(=O)(=O)N[C@H]2CCCNC2)c1. The van der Waals surface area contributed by atoms with E-state index >= 15 is 0 Å². The van der Waals surface area contributed by atoms with E-state index < -0.39 is 10.0 Å². The van der Waals surface area contributed by atoms with Crippen LogP contribution < -0.4 is 10.0 Å². The molecular weight excluding hydrogens is 296 g/mol. The van der Waals surface area contributed by atoms with Gasteiger partial charge in [0.25, 0.3) is 0 Å². The molecule has 1 atom stereocenters. The summed E-state index contributed by atoms with van der Waals surface area (Å²) in [4.78, 5) is 0.190. The number of hydrogen-bond donors (Lipinski definition) is 2. The van der Waals surface area contributed by atoms with Gasteiger partial charge in [-0.1, -0.05) is 31.0 Å². The fourth-order valence-electron chi connectivity index (χ4n) is 2.43. The van der Waals surface area contributed by atoms with Crippen LogP contribution in [0.4, 0.5) is 0 Å². The number of hydrogen-bond acceptors (Lipinski definition) is 3. The highest BCUT2D eigenvalue weighted by molar-refractivity contribution is 7.89. The maximum absolute atomic E-state index is 12.5.